The maximum atomic E-state index is 6.04. The molecule has 1 aliphatic rings. The van der Waals surface area contributed by atoms with Crippen LogP contribution in [0, 0.1) is 0 Å². The van der Waals surface area contributed by atoms with E-state index in [1.165, 1.54) is 24.6 Å². The summed E-state index contributed by atoms with van der Waals surface area (Å²) in [6.07, 6.45) is 6.56. The molecule has 3 rings (SSSR count). The lowest BCUT2D eigenvalue weighted by Crippen LogP contribution is -2.31. The van der Waals surface area contributed by atoms with Gasteiger partial charge in [0.05, 0.1) is 18.8 Å². The van der Waals surface area contributed by atoms with E-state index in [0.717, 1.165) is 12.8 Å². The smallest absolute Gasteiger partial charge is 0.225 e. The van der Waals surface area contributed by atoms with Crippen LogP contribution in [-0.2, 0) is 11.3 Å². The number of nitrogens with one attached hydrogen (secondary N) is 1. The third-order valence-corrected chi connectivity index (χ3v) is 3.57. The SMILES string of the molecule is c1ccc(CO[C@@H]2CCC[C@H]2Nc2ncncn2)cc1. The van der Waals surface area contributed by atoms with Crippen molar-refractivity contribution in [2.75, 3.05) is 5.32 Å². The molecule has 1 saturated carbocycles. The normalized spacial score (nSPS) is 21.8. The molecule has 1 N–H and O–H groups in total. The van der Waals surface area contributed by atoms with Gasteiger partial charge in [0.15, 0.2) is 0 Å². The van der Waals surface area contributed by atoms with Crippen molar-refractivity contribution in [3.63, 3.8) is 0 Å². The van der Waals surface area contributed by atoms with E-state index in [1.54, 1.807) is 0 Å². The molecule has 1 aromatic carbocycles. The number of ether oxygens (including phenoxy) is 1. The van der Waals surface area contributed by atoms with Gasteiger partial charge in [-0.1, -0.05) is 30.3 Å². The van der Waals surface area contributed by atoms with Crippen molar-refractivity contribution >= 4 is 5.95 Å². The van der Waals surface area contributed by atoms with Gasteiger partial charge in [0, 0.05) is 0 Å². The van der Waals surface area contributed by atoms with E-state index in [4.69, 9.17) is 4.74 Å². The predicted molar refractivity (Wildman–Crippen MR) is 76.1 cm³/mol. The fraction of sp³-hybridized carbons (Fsp3) is 0.400. The average Bonchev–Trinajstić information content (AvgIpc) is 2.94. The zero-order valence-electron chi connectivity index (χ0n) is 11.3. The number of benzene rings is 1. The summed E-state index contributed by atoms with van der Waals surface area (Å²) in [5.74, 6) is 0.625. The van der Waals surface area contributed by atoms with Crippen LogP contribution in [0.1, 0.15) is 24.8 Å². The molecule has 0 spiro atoms. The van der Waals surface area contributed by atoms with Crippen LogP contribution in [0.4, 0.5) is 5.95 Å². The first kappa shape index (κ1) is 13.0. The molecule has 0 saturated heterocycles. The molecule has 0 radical (unpaired) electrons. The van der Waals surface area contributed by atoms with E-state index in [1.807, 2.05) is 18.2 Å². The van der Waals surface area contributed by atoms with Gasteiger partial charge in [-0.15, -0.1) is 0 Å². The van der Waals surface area contributed by atoms with Crippen molar-refractivity contribution in [2.45, 2.75) is 38.0 Å². The van der Waals surface area contributed by atoms with E-state index < -0.39 is 0 Å². The molecule has 0 unspecified atom stereocenters. The predicted octanol–water partition coefficient (Wildman–Crippen LogP) is 2.42. The van der Waals surface area contributed by atoms with E-state index >= 15 is 0 Å². The Labute approximate surface area is 118 Å². The lowest BCUT2D eigenvalue weighted by Gasteiger charge is -2.21. The minimum Gasteiger partial charge on any atom is -0.371 e. The maximum Gasteiger partial charge on any atom is 0.225 e. The molecule has 0 aliphatic heterocycles. The first-order valence-electron chi connectivity index (χ1n) is 6.96. The Hall–Kier alpha value is -2.01. The summed E-state index contributed by atoms with van der Waals surface area (Å²) in [6, 6.07) is 10.5. The van der Waals surface area contributed by atoms with Crippen molar-refractivity contribution in [2.24, 2.45) is 0 Å². The van der Waals surface area contributed by atoms with Crippen LogP contribution in [0.3, 0.4) is 0 Å². The number of hydrogen-bond donors (Lipinski definition) is 1. The molecule has 1 aliphatic carbocycles. The molecule has 104 valence electrons. The third-order valence-electron chi connectivity index (χ3n) is 3.57. The molecule has 0 bridgehead atoms. The van der Waals surface area contributed by atoms with Crippen molar-refractivity contribution in [1.29, 1.82) is 0 Å². The maximum absolute atomic E-state index is 6.04. The molecule has 2 atom stereocenters. The second-order valence-electron chi connectivity index (χ2n) is 4.98. The van der Waals surface area contributed by atoms with Crippen molar-refractivity contribution in [3.05, 3.63) is 48.5 Å². The van der Waals surface area contributed by atoms with Gasteiger partial charge in [-0.2, -0.15) is 0 Å². The van der Waals surface area contributed by atoms with Gasteiger partial charge < -0.3 is 10.1 Å². The van der Waals surface area contributed by atoms with Gasteiger partial charge in [0.2, 0.25) is 5.95 Å². The zero-order valence-corrected chi connectivity index (χ0v) is 11.3. The number of rotatable bonds is 5. The molecule has 1 fully saturated rings. The summed E-state index contributed by atoms with van der Waals surface area (Å²) < 4.78 is 6.04. The fourth-order valence-corrected chi connectivity index (χ4v) is 2.55. The fourth-order valence-electron chi connectivity index (χ4n) is 2.55. The Kier molecular flexibility index (Phi) is 4.18. The van der Waals surface area contributed by atoms with Crippen LogP contribution in [-0.4, -0.2) is 27.1 Å². The molecule has 1 heterocycles. The van der Waals surface area contributed by atoms with E-state index in [2.05, 4.69) is 32.4 Å². The highest BCUT2D eigenvalue weighted by Crippen LogP contribution is 2.25. The van der Waals surface area contributed by atoms with Crippen LogP contribution in [0.5, 0.6) is 0 Å². The first-order valence-corrected chi connectivity index (χ1v) is 6.96. The topological polar surface area (TPSA) is 59.9 Å². The third kappa shape index (κ3) is 3.30. The van der Waals surface area contributed by atoms with Gasteiger partial charge in [0.1, 0.15) is 12.7 Å². The van der Waals surface area contributed by atoms with E-state index in [9.17, 15) is 0 Å². The minimum absolute atomic E-state index is 0.215. The van der Waals surface area contributed by atoms with Gasteiger partial charge in [-0.05, 0) is 24.8 Å². The summed E-state index contributed by atoms with van der Waals surface area (Å²) in [6.45, 7) is 0.654. The highest BCUT2D eigenvalue weighted by atomic mass is 16.5. The van der Waals surface area contributed by atoms with Crippen molar-refractivity contribution in [1.82, 2.24) is 15.0 Å². The molecule has 5 heteroatoms. The molecule has 2 aromatic rings. The second-order valence-corrected chi connectivity index (χ2v) is 4.98. The van der Waals surface area contributed by atoms with E-state index in [-0.39, 0.29) is 12.1 Å². The molecule has 0 amide bonds. The van der Waals surface area contributed by atoms with Crippen LogP contribution in [0.15, 0.2) is 43.0 Å². The standard InChI is InChI=1S/C15H18N4O/c1-2-5-12(6-3-1)9-20-14-8-4-7-13(14)19-15-17-10-16-11-18-15/h1-3,5-6,10-11,13-14H,4,7-9H2,(H,16,17,18,19)/t13-,14-/m1/s1. The van der Waals surface area contributed by atoms with Crippen LogP contribution in [0.2, 0.25) is 0 Å². The van der Waals surface area contributed by atoms with Crippen LogP contribution >= 0.6 is 0 Å². The number of aromatic nitrogens is 3. The van der Waals surface area contributed by atoms with Crippen LogP contribution in [0.25, 0.3) is 0 Å². The highest BCUT2D eigenvalue weighted by Gasteiger charge is 2.28. The Balaban J connectivity index is 1.56. The largest absolute Gasteiger partial charge is 0.371 e. The molecule has 20 heavy (non-hydrogen) atoms. The summed E-state index contributed by atoms with van der Waals surface area (Å²) >= 11 is 0. The Morgan fingerprint density at radius 2 is 1.90 bits per heavy atom. The summed E-state index contributed by atoms with van der Waals surface area (Å²) in [4.78, 5) is 12.0. The number of hydrogen-bond acceptors (Lipinski definition) is 5. The van der Waals surface area contributed by atoms with Gasteiger partial charge >= 0.3 is 0 Å². The van der Waals surface area contributed by atoms with Gasteiger partial charge in [0.25, 0.3) is 0 Å². The Morgan fingerprint density at radius 1 is 1.10 bits per heavy atom. The van der Waals surface area contributed by atoms with Gasteiger partial charge in [-0.3, -0.25) is 0 Å². The molecule has 1 aromatic heterocycles. The Morgan fingerprint density at radius 3 is 2.70 bits per heavy atom. The molecular weight excluding hydrogens is 252 g/mol. The quantitative estimate of drug-likeness (QED) is 0.904. The van der Waals surface area contributed by atoms with Crippen molar-refractivity contribution in [3.8, 4) is 0 Å². The average molecular weight is 270 g/mol. The van der Waals surface area contributed by atoms with Gasteiger partial charge in [-0.25, -0.2) is 15.0 Å². The summed E-state index contributed by atoms with van der Waals surface area (Å²) in [7, 11) is 0. The minimum atomic E-state index is 0.215. The lowest BCUT2D eigenvalue weighted by atomic mass is 10.2. The highest BCUT2D eigenvalue weighted by molar-refractivity contribution is 5.24. The Bertz CT molecular complexity index is 520. The molecule has 5 nitrogen and oxygen atoms in total. The zero-order chi connectivity index (χ0) is 13.6. The van der Waals surface area contributed by atoms with Crippen LogP contribution < -0.4 is 5.32 Å². The number of nitrogens with zero attached hydrogens (tertiary/aromatic N) is 3. The second kappa shape index (κ2) is 6.43. The summed E-state index contributed by atoms with van der Waals surface area (Å²) in [5, 5.41) is 3.34. The lowest BCUT2D eigenvalue weighted by molar-refractivity contribution is 0.0393. The summed E-state index contributed by atoms with van der Waals surface area (Å²) in [5.41, 5.74) is 1.21. The first-order chi connectivity index (χ1) is 9.92. The monoisotopic (exact) mass is 270 g/mol. The van der Waals surface area contributed by atoms with Crippen molar-refractivity contribution < 1.29 is 4.74 Å². The van der Waals surface area contributed by atoms with E-state index in [0.29, 0.717) is 12.6 Å². The molecular formula is C15H18N4O. The number of anilines is 1.